The molecule has 0 heterocycles. The number of nitrogens with zero attached hydrogens (tertiary/aromatic N) is 2. The van der Waals surface area contributed by atoms with Gasteiger partial charge < -0.3 is 0 Å². The summed E-state index contributed by atoms with van der Waals surface area (Å²) >= 11 is 0. The van der Waals surface area contributed by atoms with Crippen LogP contribution < -0.4 is 0 Å². The Morgan fingerprint density at radius 1 is 1.43 bits per heavy atom. The first-order valence-electron chi connectivity index (χ1n) is 3.78. The average Bonchev–Trinajstić information content (AvgIpc) is 2.19. The van der Waals surface area contributed by atoms with Crippen molar-refractivity contribution in [3.05, 3.63) is 34.6 Å². The van der Waals surface area contributed by atoms with Crippen LogP contribution in [0.4, 0.5) is 4.39 Å². The van der Waals surface area contributed by atoms with Crippen molar-refractivity contribution in [1.29, 1.82) is 10.5 Å². The van der Waals surface area contributed by atoms with Crippen molar-refractivity contribution in [2.45, 2.75) is 6.42 Å². The van der Waals surface area contributed by atoms with Crippen LogP contribution in [-0.4, -0.2) is 6.29 Å². The molecule has 0 aliphatic carbocycles. The van der Waals surface area contributed by atoms with Crippen LogP contribution in [0.2, 0.25) is 0 Å². The van der Waals surface area contributed by atoms with Crippen LogP contribution in [0.5, 0.6) is 0 Å². The van der Waals surface area contributed by atoms with Crippen molar-refractivity contribution in [3.8, 4) is 12.1 Å². The van der Waals surface area contributed by atoms with E-state index in [4.69, 9.17) is 10.5 Å². The van der Waals surface area contributed by atoms with Crippen molar-refractivity contribution in [2.75, 3.05) is 0 Å². The second-order valence-corrected chi connectivity index (χ2v) is 2.55. The Morgan fingerprint density at radius 2 is 2.14 bits per heavy atom. The van der Waals surface area contributed by atoms with Crippen molar-refractivity contribution >= 4 is 6.29 Å². The zero-order valence-corrected chi connectivity index (χ0v) is 7.12. The molecule has 3 nitrogen and oxygen atoms in total. The van der Waals surface area contributed by atoms with E-state index in [2.05, 4.69) is 0 Å². The molecule has 4 heteroatoms. The van der Waals surface area contributed by atoms with Gasteiger partial charge in [0, 0.05) is 0 Å². The Kier molecular flexibility index (Phi) is 2.93. The van der Waals surface area contributed by atoms with Gasteiger partial charge in [-0.1, -0.05) is 0 Å². The molecule has 68 valence electrons. The van der Waals surface area contributed by atoms with Gasteiger partial charge in [-0.2, -0.15) is 10.5 Å². The lowest BCUT2D eigenvalue weighted by molar-refractivity contribution is 0.111. The minimum Gasteiger partial charge on any atom is -0.298 e. The van der Waals surface area contributed by atoms with Gasteiger partial charge in [0.2, 0.25) is 0 Å². The van der Waals surface area contributed by atoms with Crippen LogP contribution >= 0.6 is 0 Å². The molecular weight excluding hydrogens is 183 g/mol. The van der Waals surface area contributed by atoms with E-state index < -0.39 is 5.82 Å². The summed E-state index contributed by atoms with van der Waals surface area (Å²) in [6.45, 7) is 0. The Bertz CT molecular complexity index is 454. The molecule has 0 saturated heterocycles. The third-order valence-electron chi connectivity index (χ3n) is 1.80. The first-order valence-corrected chi connectivity index (χ1v) is 3.78. The largest absolute Gasteiger partial charge is 0.298 e. The molecule has 1 rings (SSSR count). The van der Waals surface area contributed by atoms with Gasteiger partial charge in [0.15, 0.2) is 6.29 Å². The molecule has 0 saturated carbocycles. The summed E-state index contributed by atoms with van der Waals surface area (Å²) in [4.78, 5) is 10.5. The summed E-state index contributed by atoms with van der Waals surface area (Å²) in [5.74, 6) is -0.704. The minimum atomic E-state index is -0.704. The number of nitriles is 2. The molecule has 0 aliphatic heterocycles. The number of hydrogen-bond donors (Lipinski definition) is 0. The Labute approximate surface area is 80.0 Å². The molecular formula is C10H5FN2O. The molecule has 0 radical (unpaired) electrons. The molecule has 14 heavy (non-hydrogen) atoms. The summed E-state index contributed by atoms with van der Waals surface area (Å²) in [6, 6.07) is 5.89. The van der Waals surface area contributed by atoms with Gasteiger partial charge in [0.25, 0.3) is 0 Å². The van der Waals surface area contributed by atoms with Gasteiger partial charge in [-0.25, -0.2) is 4.39 Å². The summed E-state index contributed by atoms with van der Waals surface area (Å²) in [5.41, 5.74) is 0.116. The minimum absolute atomic E-state index is 0.144. The second-order valence-electron chi connectivity index (χ2n) is 2.55. The fraction of sp³-hybridized carbons (Fsp3) is 0.100. The lowest BCUT2D eigenvalue weighted by Gasteiger charge is -2.03. The van der Waals surface area contributed by atoms with Crippen LogP contribution in [0.25, 0.3) is 0 Å². The first kappa shape index (κ1) is 9.88. The number of benzene rings is 1. The molecule has 0 atom stereocenters. The summed E-state index contributed by atoms with van der Waals surface area (Å²) in [5, 5.41) is 17.1. The highest BCUT2D eigenvalue weighted by atomic mass is 19.1. The number of halogens is 1. The smallest absolute Gasteiger partial charge is 0.153 e. The maximum atomic E-state index is 13.0. The van der Waals surface area contributed by atoms with Gasteiger partial charge >= 0.3 is 0 Å². The van der Waals surface area contributed by atoms with E-state index in [0.29, 0.717) is 6.29 Å². The Morgan fingerprint density at radius 3 is 2.64 bits per heavy atom. The second kappa shape index (κ2) is 4.15. The van der Waals surface area contributed by atoms with E-state index in [1.54, 1.807) is 12.1 Å². The van der Waals surface area contributed by atoms with Crippen molar-refractivity contribution < 1.29 is 9.18 Å². The zero-order valence-electron chi connectivity index (χ0n) is 7.12. The highest BCUT2D eigenvalue weighted by Gasteiger charge is 2.12. The fourth-order valence-corrected chi connectivity index (χ4v) is 1.14. The van der Waals surface area contributed by atoms with Crippen LogP contribution in [0.1, 0.15) is 21.5 Å². The molecule has 0 aromatic heterocycles. The van der Waals surface area contributed by atoms with Crippen molar-refractivity contribution in [1.82, 2.24) is 0 Å². The number of hydrogen-bond acceptors (Lipinski definition) is 3. The molecule has 0 aliphatic rings. The van der Waals surface area contributed by atoms with Gasteiger partial charge in [-0.3, -0.25) is 4.79 Å². The molecule has 0 unspecified atom stereocenters. The van der Waals surface area contributed by atoms with Gasteiger partial charge in [0.1, 0.15) is 5.82 Å². The molecule has 1 aromatic carbocycles. The molecule has 0 amide bonds. The third-order valence-corrected chi connectivity index (χ3v) is 1.80. The Hall–Kier alpha value is -2.20. The summed E-state index contributed by atoms with van der Waals surface area (Å²) in [6.07, 6.45) is 0.178. The average molecular weight is 188 g/mol. The maximum Gasteiger partial charge on any atom is 0.153 e. The van der Waals surface area contributed by atoms with Crippen LogP contribution in [-0.2, 0) is 6.42 Å². The predicted octanol–water partition coefficient (Wildman–Crippen LogP) is 1.58. The highest BCUT2D eigenvalue weighted by Crippen LogP contribution is 2.16. The lowest BCUT2D eigenvalue weighted by atomic mass is 9.99. The van der Waals surface area contributed by atoms with Crippen LogP contribution in [0.15, 0.2) is 12.1 Å². The number of carbonyl (C=O) groups is 1. The topological polar surface area (TPSA) is 64.7 Å². The van der Waals surface area contributed by atoms with E-state index in [0.717, 1.165) is 6.07 Å². The van der Waals surface area contributed by atoms with E-state index in [-0.39, 0.29) is 23.1 Å². The zero-order chi connectivity index (χ0) is 10.6. The van der Waals surface area contributed by atoms with Gasteiger partial charge in [0.05, 0.1) is 29.7 Å². The van der Waals surface area contributed by atoms with Crippen LogP contribution in [0.3, 0.4) is 0 Å². The molecule has 0 N–H and O–H groups in total. The van der Waals surface area contributed by atoms with Gasteiger partial charge in [-0.15, -0.1) is 0 Å². The van der Waals surface area contributed by atoms with Crippen LogP contribution in [0, 0.1) is 28.5 Å². The Balaban J connectivity index is 3.47. The highest BCUT2D eigenvalue weighted by molar-refractivity contribution is 5.79. The molecule has 0 spiro atoms. The number of rotatable bonds is 2. The quantitative estimate of drug-likeness (QED) is 0.661. The fourth-order valence-electron chi connectivity index (χ4n) is 1.14. The predicted molar refractivity (Wildman–Crippen MR) is 45.8 cm³/mol. The number of aldehydes is 1. The molecule has 0 fully saturated rings. The van der Waals surface area contributed by atoms with E-state index >= 15 is 0 Å². The van der Waals surface area contributed by atoms with E-state index in [1.807, 2.05) is 0 Å². The first-order chi connectivity index (χ1) is 6.74. The normalized spacial score (nSPS) is 8.79. The van der Waals surface area contributed by atoms with Gasteiger partial charge in [-0.05, 0) is 17.7 Å². The molecule has 0 bridgehead atoms. The van der Waals surface area contributed by atoms with Crippen molar-refractivity contribution in [2.24, 2.45) is 0 Å². The van der Waals surface area contributed by atoms with E-state index in [1.165, 1.54) is 6.07 Å². The third kappa shape index (κ3) is 1.60. The molecule has 1 aromatic rings. The summed E-state index contributed by atoms with van der Waals surface area (Å²) in [7, 11) is 0. The van der Waals surface area contributed by atoms with E-state index in [9.17, 15) is 9.18 Å². The monoisotopic (exact) mass is 188 g/mol. The standard InChI is InChI=1S/C10H5FN2O/c11-10-2-1-7(5-13)8(3-4-12)9(10)6-14/h1-2,6H,3H2. The summed E-state index contributed by atoms with van der Waals surface area (Å²) < 4.78 is 13.0. The number of carbonyl (C=O) groups excluding carboxylic acids is 1. The maximum absolute atomic E-state index is 13.0. The SMILES string of the molecule is N#CCc1c(C#N)ccc(F)c1C=O. The lowest BCUT2D eigenvalue weighted by Crippen LogP contribution is -1.99. The van der Waals surface area contributed by atoms with Crippen molar-refractivity contribution in [3.63, 3.8) is 0 Å².